The van der Waals surface area contributed by atoms with Crippen LogP contribution < -0.4 is 4.74 Å². The number of nitrogens with zero attached hydrogens (tertiary/aromatic N) is 1. The molecule has 1 heterocycles. The van der Waals surface area contributed by atoms with Crippen molar-refractivity contribution in [1.29, 1.82) is 0 Å². The zero-order valence-electron chi connectivity index (χ0n) is 22.6. The lowest BCUT2D eigenvalue weighted by Crippen LogP contribution is -2.47. The number of rotatable bonds is 10. The fourth-order valence-electron chi connectivity index (χ4n) is 6.10. The van der Waals surface area contributed by atoms with Gasteiger partial charge in [-0.15, -0.1) is 0 Å². The van der Waals surface area contributed by atoms with Gasteiger partial charge in [-0.1, -0.05) is 42.5 Å². The molecule has 0 spiro atoms. The van der Waals surface area contributed by atoms with Crippen molar-refractivity contribution in [2.24, 2.45) is 5.92 Å². The molecule has 2 aliphatic rings. The Balaban J connectivity index is 1.53. The van der Waals surface area contributed by atoms with E-state index in [1.54, 1.807) is 31.2 Å². The molecular weight excluding hydrogens is 515 g/mol. The van der Waals surface area contributed by atoms with Gasteiger partial charge < -0.3 is 14.7 Å². The maximum absolute atomic E-state index is 13.1. The summed E-state index contributed by atoms with van der Waals surface area (Å²) >= 11 is 0. The van der Waals surface area contributed by atoms with Crippen molar-refractivity contribution in [3.8, 4) is 5.75 Å². The fourth-order valence-corrected chi connectivity index (χ4v) is 6.10. The van der Waals surface area contributed by atoms with Crippen molar-refractivity contribution in [2.45, 2.75) is 45.6 Å². The molecular formula is C33H34F3NO3. The van der Waals surface area contributed by atoms with Crippen LogP contribution in [0.4, 0.5) is 13.2 Å². The third-order valence-corrected chi connectivity index (χ3v) is 8.03. The molecule has 5 rings (SSSR count). The minimum absolute atomic E-state index is 0.154. The lowest BCUT2D eigenvalue weighted by molar-refractivity contribution is -0.0503. The SMILES string of the molecule is Cc1c(OC(F)F)cccc1C1=C(c2ccc(CC3CN(CCCF)C3)cc2)c2ccc(C(=O)O)cc2CCC1. The molecule has 4 nitrogen and oxygen atoms in total. The number of ether oxygens (including phenoxy) is 1. The van der Waals surface area contributed by atoms with Crippen LogP contribution in [0.2, 0.25) is 0 Å². The fraction of sp³-hybridized carbons (Fsp3) is 0.364. The third-order valence-electron chi connectivity index (χ3n) is 8.03. The number of hydrogen-bond donors (Lipinski definition) is 1. The molecule has 0 aromatic heterocycles. The second kappa shape index (κ2) is 12.3. The van der Waals surface area contributed by atoms with Gasteiger partial charge in [0.25, 0.3) is 0 Å². The summed E-state index contributed by atoms with van der Waals surface area (Å²) in [5.41, 5.74) is 7.96. The second-order valence-electron chi connectivity index (χ2n) is 10.8. The lowest BCUT2D eigenvalue weighted by atomic mass is 9.85. The van der Waals surface area contributed by atoms with Crippen molar-refractivity contribution < 1.29 is 27.8 Å². The molecule has 3 aromatic carbocycles. The topological polar surface area (TPSA) is 49.8 Å². The molecule has 40 heavy (non-hydrogen) atoms. The maximum Gasteiger partial charge on any atom is 0.387 e. The molecule has 7 heteroatoms. The molecule has 1 fully saturated rings. The number of aryl methyl sites for hydroxylation is 1. The molecule has 0 unspecified atom stereocenters. The first kappa shape index (κ1) is 28.0. The van der Waals surface area contributed by atoms with Gasteiger partial charge >= 0.3 is 12.6 Å². The molecule has 3 aromatic rings. The first-order valence-corrected chi connectivity index (χ1v) is 13.9. The smallest absolute Gasteiger partial charge is 0.387 e. The van der Waals surface area contributed by atoms with E-state index in [2.05, 4.69) is 29.2 Å². The summed E-state index contributed by atoms with van der Waals surface area (Å²) in [7, 11) is 0. The van der Waals surface area contributed by atoms with E-state index in [0.29, 0.717) is 30.7 Å². The number of hydrogen-bond acceptors (Lipinski definition) is 3. The Kier molecular flexibility index (Phi) is 8.60. The summed E-state index contributed by atoms with van der Waals surface area (Å²) in [6.07, 6.45) is 3.78. The Morgan fingerprint density at radius 1 is 1.05 bits per heavy atom. The summed E-state index contributed by atoms with van der Waals surface area (Å²) in [6, 6.07) is 19.0. The Morgan fingerprint density at radius 3 is 2.52 bits per heavy atom. The minimum atomic E-state index is -2.91. The van der Waals surface area contributed by atoms with E-state index >= 15 is 0 Å². The maximum atomic E-state index is 13.1. The van der Waals surface area contributed by atoms with Gasteiger partial charge in [0.05, 0.1) is 12.2 Å². The Bertz CT molecular complexity index is 1390. The Hall–Kier alpha value is -3.58. The molecule has 210 valence electrons. The largest absolute Gasteiger partial charge is 0.478 e. The lowest BCUT2D eigenvalue weighted by Gasteiger charge is -2.39. The van der Waals surface area contributed by atoms with E-state index in [4.69, 9.17) is 4.74 Å². The number of benzene rings is 3. The van der Waals surface area contributed by atoms with Gasteiger partial charge in [0.2, 0.25) is 0 Å². The third kappa shape index (κ3) is 6.09. The highest BCUT2D eigenvalue weighted by Crippen LogP contribution is 2.42. The van der Waals surface area contributed by atoms with Crippen LogP contribution in [-0.2, 0) is 12.8 Å². The second-order valence-corrected chi connectivity index (χ2v) is 10.8. The summed E-state index contributed by atoms with van der Waals surface area (Å²) in [5.74, 6) is -0.246. The first-order valence-electron chi connectivity index (χ1n) is 13.9. The highest BCUT2D eigenvalue weighted by molar-refractivity contribution is 6.01. The highest BCUT2D eigenvalue weighted by atomic mass is 19.3. The molecule has 1 N–H and O–H groups in total. The number of carboxylic acid groups (broad SMARTS) is 1. The number of carboxylic acids is 1. The highest BCUT2D eigenvalue weighted by Gasteiger charge is 2.27. The molecule has 0 radical (unpaired) electrons. The summed E-state index contributed by atoms with van der Waals surface area (Å²) in [5, 5.41) is 9.59. The first-order chi connectivity index (χ1) is 19.3. The number of halogens is 3. The Morgan fingerprint density at radius 2 is 1.82 bits per heavy atom. The van der Waals surface area contributed by atoms with Gasteiger partial charge in [-0.3, -0.25) is 4.39 Å². The number of allylic oxidation sites excluding steroid dienone is 1. The van der Waals surface area contributed by atoms with Crippen LogP contribution >= 0.6 is 0 Å². The van der Waals surface area contributed by atoms with Crippen LogP contribution in [0.5, 0.6) is 5.75 Å². The van der Waals surface area contributed by atoms with Crippen molar-refractivity contribution in [3.63, 3.8) is 0 Å². The number of likely N-dealkylation sites (tertiary alicyclic amines) is 1. The number of carbonyl (C=O) groups is 1. The number of alkyl halides is 3. The van der Waals surface area contributed by atoms with Gasteiger partial charge in [-0.2, -0.15) is 8.78 Å². The average molecular weight is 550 g/mol. The van der Waals surface area contributed by atoms with E-state index < -0.39 is 12.6 Å². The molecule has 1 saturated heterocycles. The quantitative estimate of drug-likeness (QED) is 0.286. The minimum Gasteiger partial charge on any atom is -0.478 e. The van der Waals surface area contributed by atoms with Gasteiger partial charge in [0.1, 0.15) is 5.75 Å². The monoisotopic (exact) mass is 549 g/mol. The zero-order chi connectivity index (χ0) is 28.2. The predicted molar refractivity (Wildman–Crippen MR) is 151 cm³/mol. The van der Waals surface area contributed by atoms with Crippen LogP contribution in [0.15, 0.2) is 60.7 Å². The number of aromatic carboxylic acids is 1. The molecule has 0 amide bonds. The van der Waals surface area contributed by atoms with Crippen LogP contribution in [0.1, 0.15) is 63.0 Å². The Labute approximate surface area is 233 Å². The van der Waals surface area contributed by atoms with Crippen molar-refractivity contribution in [3.05, 3.63) is 99.6 Å². The van der Waals surface area contributed by atoms with Gasteiger partial charge in [0.15, 0.2) is 0 Å². The molecule has 1 aliphatic heterocycles. The molecule has 0 saturated carbocycles. The van der Waals surface area contributed by atoms with E-state index in [9.17, 15) is 23.1 Å². The molecule has 1 aliphatic carbocycles. The summed E-state index contributed by atoms with van der Waals surface area (Å²) in [6.45, 7) is 1.42. The standard InChI is InChI=1S/C33H34F3NO3/c1-21-27(6-3-8-30(21)40-33(35)36)29-7-2-5-25-18-26(32(38)39)13-14-28(25)31(29)24-11-9-22(10-12-24)17-23-19-37(20-23)16-4-15-34/h3,6,8-14,18,23,33H,2,4-5,7,15-17,19-20H2,1H3,(H,38,39). The normalized spacial score (nSPS) is 16.0. The van der Waals surface area contributed by atoms with Gasteiger partial charge in [0, 0.05) is 19.6 Å². The zero-order valence-corrected chi connectivity index (χ0v) is 22.6. The summed E-state index contributed by atoms with van der Waals surface area (Å²) < 4.78 is 43.5. The van der Waals surface area contributed by atoms with E-state index in [-0.39, 0.29) is 18.0 Å². The van der Waals surface area contributed by atoms with Crippen LogP contribution in [0.3, 0.4) is 0 Å². The number of fused-ring (bicyclic) bond motifs is 1. The molecule has 0 bridgehead atoms. The van der Waals surface area contributed by atoms with E-state index in [1.807, 2.05) is 12.1 Å². The van der Waals surface area contributed by atoms with Crippen molar-refractivity contribution in [1.82, 2.24) is 4.90 Å². The van der Waals surface area contributed by atoms with Crippen molar-refractivity contribution in [2.75, 3.05) is 26.3 Å². The van der Waals surface area contributed by atoms with Crippen molar-refractivity contribution >= 4 is 17.1 Å². The van der Waals surface area contributed by atoms with Crippen LogP contribution in [0.25, 0.3) is 11.1 Å². The van der Waals surface area contributed by atoms with Crippen LogP contribution in [-0.4, -0.2) is 48.9 Å². The van der Waals surface area contributed by atoms with E-state index in [1.165, 1.54) is 5.56 Å². The van der Waals surface area contributed by atoms with Gasteiger partial charge in [-0.05, 0) is 108 Å². The van der Waals surface area contributed by atoms with E-state index in [0.717, 1.165) is 65.9 Å². The average Bonchev–Trinajstić information content (AvgIpc) is 3.10. The van der Waals surface area contributed by atoms with Crippen LogP contribution in [0, 0.1) is 12.8 Å². The predicted octanol–water partition coefficient (Wildman–Crippen LogP) is 7.42. The van der Waals surface area contributed by atoms with Gasteiger partial charge in [-0.25, -0.2) is 4.79 Å². The summed E-state index contributed by atoms with van der Waals surface area (Å²) in [4.78, 5) is 14.0. The molecule has 0 atom stereocenters.